The Morgan fingerprint density at radius 1 is 0.886 bits per heavy atom. The molecule has 0 unspecified atom stereocenters. The zero-order chi connectivity index (χ0) is 25.8. The molecule has 3 aromatic rings. The highest BCUT2D eigenvalue weighted by Gasteiger charge is 2.18. The number of benzene rings is 3. The molecule has 0 saturated heterocycles. The lowest BCUT2D eigenvalue weighted by atomic mass is 9.87. The topological polar surface area (TPSA) is 79.5 Å². The zero-order valence-electron chi connectivity index (χ0n) is 19.7. The molecule has 0 spiro atoms. The summed E-state index contributed by atoms with van der Waals surface area (Å²) < 4.78 is 6.68. The molecule has 0 heterocycles. The van der Waals surface area contributed by atoms with Gasteiger partial charge in [-0.15, -0.1) is 0 Å². The second-order valence-electron chi connectivity index (χ2n) is 8.74. The van der Waals surface area contributed by atoms with Gasteiger partial charge in [0.15, 0.2) is 5.11 Å². The van der Waals surface area contributed by atoms with Crippen LogP contribution in [0.4, 0.5) is 11.4 Å². The van der Waals surface area contributed by atoms with Gasteiger partial charge in [0.2, 0.25) is 0 Å². The van der Waals surface area contributed by atoms with Gasteiger partial charge in [-0.1, -0.05) is 54.9 Å². The Labute approximate surface area is 227 Å². The number of thiocarbonyl (C=S) groups is 1. The third kappa shape index (κ3) is 7.13. The lowest BCUT2D eigenvalue weighted by Gasteiger charge is -2.19. The fourth-order valence-electron chi connectivity index (χ4n) is 3.27. The lowest BCUT2D eigenvalue weighted by Crippen LogP contribution is -2.34. The van der Waals surface area contributed by atoms with E-state index in [1.54, 1.807) is 36.4 Å². The number of hydrogen-bond acceptors (Lipinski definition) is 4. The van der Waals surface area contributed by atoms with Gasteiger partial charge < -0.3 is 15.4 Å². The van der Waals surface area contributed by atoms with Gasteiger partial charge in [-0.2, -0.15) is 0 Å². The molecule has 3 rings (SSSR count). The molecular weight excluding hydrogens is 594 g/mol. The van der Waals surface area contributed by atoms with Crippen molar-refractivity contribution >= 4 is 72.4 Å². The molecule has 3 aromatic carbocycles. The molecule has 9 heteroatoms. The summed E-state index contributed by atoms with van der Waals surface area (Å²) in [5.74, 6) is -0.246. The minimum atomic E-state index is -0.426. The van der Waals surface area contributed by atoms with Gasteiger partial charge in [0, 0.05) is 21.4 Å². The second-order valence-corrected chi connectivity index (χ2v) is 10.9. The van der Waals surface area contributed by atoms with Crippen LogP contribution in [0.3, 0.4) is 0 Å². The number of rotatable bonds is 5. The minimum Gasteiger partial charge on any atom is -0.495 e. The quantitative estimate of drug-likeness (QED) is 0.271. The van der Waals surface area contributed by atoms with E-state index in [1.165, 1.54) is 7.11 Å². The maximum Gasteiger partial charge on any atom is 0.261 e. The molecule has 0 aliphatic carbocycles. The van der Waals surface area contributed by atoms with Gasteiger partial charge in [0.25, 0.3) is 11.8 Å². The predicted octanol–water partition coefficient (Wildman–Crippen LogP) is 6.90. The van der Waals surface area contributed by atoms with Crippen molar-refractivity contribution in [2.45, 2.75) is 26.2 Å². The molecule has 35 heavy (non-hydrogen) atoms. The van der Waals surface area contributed by atoms with Crippen molar-refractivity contribution in [2.75, 3.05) is 17.7 Å². The number of halogens is 2. The predicted molar refractivity (Wildman–Crippen MR) is 152 cm³/mol. The number of anilines is 2. The zero-order valence-corrected chi connectivity index (χ0v) is 23.7. The van der Waals surface area contributed by atoms with Crippen molar-refractivity contribution in [3.05, 3.63) is 86.3 Å². The van der Waals surface area contributed by atoms with E-state index in [4.69, 9.17) is 17.0 Å². The molecule has 3 N–H and O–H groups in total. The first-order chi connectivity index (χ1) is 16.5. The monoisotopic (exact) mass is 617 g/mol. The van der Waals surface area contributed by atoms with Crippen LogP contribution in [0.25, 0.3) is 0 Å². The van der Waals surface area contributed by atoms with Crippen LogP contribution in [0.2, 0.25) is 0 Å². The Balaban J connectivity index is 1.66. The molecule has 0 saturated carbocycles. The van der Waals surface area contributed by atoms with E-state index < -0.39 is 5.91 Å². The van der Waals surface area contributed by atoms with Crippen molar-refractivity contribution in [2.24, 2.45) is 0 Å². The first-order valence-electron chi connectivity index (χ1n) is 10.7. The van der Waals surface area contributed by atoms with Crippen LogP contribution in [-0.4, -0.2) is 24.0 Å². The molecule has 0 radical (unpaired) electrons. The molecule has 0 aliphatic rings. The molecule has 0 aliphatic heterocycles. The van der Waals surface area contributed by atoms with Crippen LogP contribution in [0.5, 0.6) is 5.75 Å². The number of carbonyl (C=O) groups excluding carboxylic acids is 2. The maximum absolute atomic E-state index is 12.8. The Morgan fingerprint density at radius 3 is 2.11 bits per heavy atom. The summed E-state index contributed by atoms with van der Waals surface area (Å²) >= 11 is 12.1. The van der Waals surface area contributed by atoms with Crippen molar-refractivity contribution in [1.82, 2.24) is 5.32 Å². The highest BCUT2D eigenvalue weighted by atomic mass is 79.9. The normalized spacial score (nSPS) is 10.9. The molecule has 0 atom stereocenters. The number of carbonyl (C=O) groups is 2. The smallest absolute Gasteiger partial charge is 0.261 e. The fraction of sp³-hybridized carbons (Fsp3) is 0.192. The lowest BCUT2D eigenvalue weighted by molar-refractivity contribution is 0.0973. The van der Waals surface area contributed by atoms with Gasteiger partial charge in [-0.05, 0) is 81.6 Å². The van der Waals surface area contributed by atoms with E-state index in [0.29, 0.717) is 37.2 Å². The minimum absolute atomic E-state index is 0.0154. The average Bonchev–Trinajstić information content (AvgIpc) is 2.78. The van der Waals surface area contributed by atoms with E-state index in [-0.39, 0.29) is 16.4 Å². The molecule has 0 aromatic heterocycles. The van der Waals surface area contributed by atoms with Gasteiger partial charge in [-0.3, -0.25) is 14.9 Å². The van der Waals surface area contributed by atoms with Crippen LogP contribution in [0.1, 0.15) is 47.1 Å². The SMILES string of the molecule is COc1c(Br)cc(Br)cc1C(=O)NC(=S)Nc1cccc(NC(=O)c2ccc(C(C)(C)C)cc2)c1. The summed E-state index contributed by atoms with van der Waals surface area (Å²) in [6.07, 6.45) is 0. The van der Waals surface area contributed by atoms with Crippen LogP contribution in [-0.2, 0) is 5.41 Å². The summed E-state index contributed by atoms with van der Waals surface area (Å²) in [5.41, 5.74) is 3.25. The number of amides is 2. The van der Waals surface area contributed by atoms with Gasteiger partial charge >= 0.3 is 0 Å². The first kappa shape index (κ1) is 26.8. The van der Waals surface area contributed by atoms with Crippen molar-refractivity contribution < 1.29 is 14.3 Å². The first-order valence-corrected chi connectivity index (χ1v) is 12.6. The highest BCUT2D eigenvalue weighted by Crippen LogP contribution is 2.32. The van der Waals surface area contributed by atoms with E-state index in [2.05, 4.69) is 68.6 Å². The number of nitrogens with one attached hydrogen (secondary N) is 3. The number of ether oxygens (including phenoxy) is 1. The molecule has 0 bridgehead atoms. The van der Waals surface area contributed by atoms with Crippen molar-refractivity contribution in [3.63, 3.8) is 0 Å². The molecule has 182 valence electrons. The van der Waals surface area contributed by atoms with E-state index >= 15 is 0 Å². The number of methoxy groups -OCH3 is 1. The Hall–Kier alpha value is -2.75. The van der Waals surface area contributed by atoms with Crippen LogP contribution < -0.4 is 20.7 Å². The Kier molecular flexibility index (Phi) is 8.69. The van der Waals surface area contributed by atoms with Gasteiger partial charge in [0.05, 0.1) is 17.1 Å². The third-order valence-electron chi connectivity index (χ3n) is 5.08. The molecule has 2 amide bonds. The van der Waals surface area contributed by atoms with Crippen LogP contribution >= 0.6 is 44.1 Å². The molecular formula is C26H25Br2N3O3S. The summed E-state index contributed by atoms with van der Waals surface area (Å²) in [7, 11) is 1.49. The van der Waals surface area contributed by atoms with Crippen LogP contribution in [0, 0.1) is 0 Å². The van der Waals surface area contributed by atoms with E-state index in [1.807, 2.05) is 24.3 Å². The third-order valence-corrected chi connectivity index (χ3v) is 6.33. The van der Waals surface area contributed by atoms with E-state index in [9.17, 15) is 9.59 Å². The fourth-order valence-corrected chi connectivity index (χ4v) is 4.87. The Bertz CT molecular complexity index is 1270. The summed E-state index contributed by atoms with van der Waals surface area (Å²) in [4.78, 5) is 25.5. The van der Waals surface area contributed by atoms with E-state index in [0.717, 1.165) is 5.56 Å². The average molecular weight is 619 g/mol. The van der Waals surface area contributed by atoms with Crippen LogP contribution in [0.15, 0.2) is 69.6 Å². The number of hydrogen-bond donors (Lipinski definition) is 3. The molecule has 0 fully saturated rings. The van der Waals surface area contributed by atoms with Crippen molar-refractivity contribution in [3.8, 4) is 5.75 Å². The second kappa shape index (κ2) is 11.3. The summed E-state index contributed by atoms with van der Waals surface area (Å²) in [6.45, 7) is 6.38. The highest BCUT2D eigenvalue weighted by molar-refractivity contribution is 9.11. The molecule has 6 nitrogen and oxygen atoms in total. The summed E-state index contributed by atoms with van der Waals surface area (Å²) in [6, 6.07) is 18.1. The van der Waals surface area contributed by atoms with Gasteiger partial charge in [-0.25, -0.2) is 0 Å². The summed E-state index contributed by atoms with van der Waals surface area (Å²) in [5, 5.41) is 8.61. The largest absolute Gasteiger partial charge is 0.495 e. The maximum atomic E-state index is 12.8. The standard InChI is InChI=1S/C26H25Br2N3O3S/c1-26(2,3)16-10-8-15(9-11-16)23(32)29-18-6-5-7-19(14-18)30-25(35)31-24(33)20-12-17(27)13-21(28)22(20)34-4/h5-14H,1-4H3,(H,29,32)(H2,30,31,33,35). The Morgan fingerprint density at radius 2 is 1.51 bits per heavy atom. The van der Waals surface area contributed by atoms with Gasteiger partial charge in [0.1, 0.15) is 5.75 Å². The van der Waals surface area contributed by atoms with Crippen molar-refractivity contribution in [1.29, 1.82) is 0 Å².